The van der Waals surface area contributed by atoms with Crippen LogP contribution in [0.4, 0.5) is 11.4 Å². The number of nitrogens with two attached hydrogens (primary N) is 1. The van der Waals surface area contributed by atoms with E-state index in [1.807, 2.05) is 41.1 Å². The van der Waals surface area contributed by atoms with E-state index >= 15 is 0 Å². The Labute approximate surface area is 204 Å². The second-order valence-electron chi connectivity index (χ2n) is 8.73. The van der Waals surface area contributed by atoms with Crippen LogP contribution < -0.4 is 21.7 Å². The fraction of sp³-hybridized carbons (Fsp3) is 0.308. The summed E-state index contributed by atoms with van der Waals surface area (Å²) in [6.45, 7) is 0. The van der Waals surface area contributed by atoms with Gasteiger partial charge >= 0.3 is 0 Å². The maximum atomic E-state index is 13.2. The number of nitrogens with one attached hydrogen (secondary N) is 3. The van der Waals surface area contributed by atoms with Crippen molar-refractivity contribution in [1.29, 1.82) is 0 Å². The molecule has 3 aromatic rings. The molecule has 9 heteroatoms. The van der Waals surface area contributed by atoms with E-state index in [0.717, 1.165) is 42.7 Å². The monoisotopic (exact) mass is 473 g/mol. The molecule has 1 aromatic carbocycles. The zero-order valence-corrected chi connectivity index (χ0v) is 19.8. The van der Waals surface area contributed by atoms with E-state index < -0.39 is 6.04 Å². The average molecular weight is 474 g/mol. The summed E-state index contributed by atoms with van der Waals surface area (Å²) in [5.74, 6) is -0.202. The SMILES string of the molecule is CN=C/C(=C\N)NC(=O)C(CC1CCCC1)NC(=O)c1cccc(Nc2ccc3nccn3c2)c1. The van der Waals surface area contributed by atoms with Crippen LogP contribution in [-0.4, -0.2) is 40.5 Å². The van der Waals surface area contributed by atoms with Gasteiger partial charge in [-0.25, -0.2) is 4.98 Å². The summed E-state index contributed by atoms with van der Waals surface area (Å²) in [7, 11) is 1.60. The smallest absolute Gasteiger partial charge is 0.252 e. The lowest BCUT2D eigenvalue weighted by molar-refractivity contribution is -0.122. The van der Waals surface area contributed by atoms with Gasteiger partial charge in [0, 0.05) is 49.3 Å². The van der Waals surface area contributed by atoms with Crippen molar-refractivity contribution in [2.24, 2.45) is 16.6 Å². The number of fused-ring (bicyclic) bond motifs is 1. The van der Waals surface area contributed by atoms with Crippen molar-refractivity contribution in [3.8, 4) is 0 Å². The van der Waals surface area contributed by atoms with Crippen molar-refractivity contribution in [2.75, 3.05) is 12.4 Å². The van der Waals surface area contributed by atoms with Crippen molar-refractivity contribution in [2.45, 2.75) is 38.1 Å². The number of hydrogen-bond donors (Lipinski definition) is 4. The van der Waals surface area contributed by atoms with E-state index in [4.69, 9.17) is 5.73 Å². The minimum atomic E-state index is -0.675. The van der Waals surface area contributed by atoms with Crippen molar-refractivity contribution in [1.82, 2.24) is 20.0 Å². The van der Waals surface area contributed by atoms with Crippen molar-refractivity contribution in [3.05, 3.63) is 72.4 Å². The van der Waals surface area contributed by atoms with Crippen LogP contribution in [0.25, 0.3) is 5.65 Å². The molecule has 1 unspecified atom stereocenters. The molecule has 0 spiro atoms. The molecule has 2 aromatic heterocycles. The molecule has 0 radical (unpaired) electrons. The summed E-state index contributed by atoms with van der Waals surface area (Å²) in [6, 6.07) is 10.4. The lowest BCUT2D eigenvalue weighted by Gasteiger charge is -2.22. The number of hydrogen-bond acceptors (Lipinski definition) is 6. The number of amides is 2. The molecule has 1 aliphatic rings. The zero-order chi connectivity index (χ0) is 24.6. The highest BCUT2D eigenvalue weighted by Gasteiger charge is 2.27. The second-order valence-corrected chi connectivity index (χ2v) is 8.73. The Morgan fingerprint density at radius 3 is 2.83 bits per heavy atom. The van der Waals surface area contributed by atoms with Gasteiger partial charge in [-0.3, -0.25) is 14.6 Å². The first-order valence-electron chi connectivity index (χ1n) is 11.8. The zero-order valence-electron chi connectivity index (χ0n) is 19.8. The van der Waals surface area contributed by atoms with Crippen molar-refractivity contribution < 1.29 is 9.59 Å². The van der Waals surface area contributed by atoms with Crippen LogP contribution in [-0.2, 0) is 4.79 Å². The molecule has 35 heavy (non-hydrogen) atoms. The van der Waals surface area contributed by atoms with Crippen molar-refractivity contribution in [3.63, 3.8) is 0 Å². The summed E-state index contributed by atoms with van der Waals surface area (Å²) in [5, 5.41) is 9.03. The lowest BCUT2D eigenvalue weighted by Crippen LogP contribution is -2.47. The van der Waals surface area contributed by atoms with Crippen LogP contribution in [0.15, 0.2) is 71.9 Å². The molecule has 182 valence electrons. The van der Waals surface area contributed by atoms with Crippen LogP contribution in [0.5, 0.6) is 0 Å². The van der Waals surface area contributed by atoms with Crippen LogP contribution in [0.1, 0.15) is 42.5 Å². The molecule has 4 rings (SSSR count). The second kappa shape index (κ2) is 11.3. The average Bonchev–Trinajstić information content (AvgIpc) is 3.55. The Kier molecular flexibility index (Phi) is 7.77. The third-order valence-electron chi connectivity index (χ3n) is 6.18. The number of allylic oxidation sites excluding steroid dienone is 1. The van der Waals surface area contributed by atoms with Gasteiger partial charge in [-0.15, -0.1) is 0 Å². The van der Waals surface area contributed by atoms with Crippen LogP contribution in [0.2, 0.25) is 0 Å². The molecule has 0 aliphatic heterocycles. The van der Waals surface area contributed by atoms with Crippen LogP contribution >= 0.6 is 0 Å². The highest BCUT2D eigenvalue weighted by atomic mass is 16.2. The fourth-order valence-electron chi connectivity index (χ4n) is 4.44. The number of anilines is 2. The van der Waals surface area contributed by atoms with Gasteiger partial charge in [-0.1, -0.05) is 31.7 Å². The minimum Gasteiger partial charge on any atom is -0.403 e. The van der Waals surface area contributed by atoms with Gasteiger partial charge < -0.3 is 26.1 Å². The first-order valence-corrected chi connectivity index (χ1v) is 11.8. The van der Waals surface area contributed by atoms with Crippen LogP contribution in [0, 0.1) is 5.92 Å². The highest BCUT2D eigenvalue weighted by Crippen LogP contribution is 2.29. The predicted octanol–water partition coefficient (Wildman–Crippen LogP) is 3.37. The summed E-state index contributed by atoms with van der Waals surface area (Å²) >= 11 is 0. The number of pyridine rings is 1. The maximum absolute atomic E-state index is 13.2. The number of aromatic nitrogens is 2. The Morgan fingerprint density at radius 2 is 2.06 bits per heavy atom. The highest BCUT2D eigenvalue weighted by molar-refractivity contribution is 5.99. The van der Waals surface area contributed by atoms with Gasteiger partial charge in [-0.05, 0) is 42.7 Å². The summed E-state index contributed by atoms with van der Waals surface area (Å²) < 4.78 is 1.92. The number of aliphatic imine (C=N–C) groups is 1. The molecule has 1 saturated carbocycles. The summed E-state index contributed by atoms with van der Waals surface area (Å²) in [6.07, 6.45) is 13.3. The molecule has 2 amide bonds. The number of rotatable bonds is 9. The topological polar surface area (TPSA) is 126 Å². The Morgan fingerprint density at radius 1 is 1.23 bits per heavy atom. The standard InChI is InChI=1S/C26H31N7O2/c1-28-16-22(15-27)31-26(35)23(13-18-5-2-3-6-18)32-25(34)19-7-4-8-20(14-19)30-21-9-10-24-29-11-12-33(24)17-21/h4,7-12,14-18,23,30H,2-3,5-6,13,27H2,1H3,(H,31,35)(H,32,34)/b22-15+,28-16?. The van der Waals surface area contributed by atoms with E-state index in [9.17, 15) is 9.59 Å². The molecular weight excluding hydrogens is 442 g/mol. The van der Waals surface area contributed by atoms with Crippen LogP contribution in [0.3, 0.4) is 0 Å². The number of nitrogens with zero attached hydrogens (tertiary/aromatic N) is 3. The maximum Gasteiger partial charge on any atom is 0.252 e. The van der Waals surface area contributed by atoms with Gasteiger partial charge in [0.05, 0.1) is 11.4 Å². The Bertz CT molecular complexity index is 1240. The quantitative estimate of drug-likeness (QED) is 0.355. The van der Waals surface area contributed by atoms with E-state index in [1.54, 1.807) is 25.4 Å². The number of benzene rings is 1. The van der Waals surface area contributed by atoms with Gasteiger partial charge in [0.15, 0.2) is 0 Å². The number of carbonyl (C=O) groups excluding carboxylic acids is 2. The van der Waals surface area contributed by atoms with Gasteiger partial charge in [0.1, 0.15) is 11.7 Å². The van der Waals surface area contributed by atoms with Gasteiger partial charge in [-0.2, -0.15) is 0 Å². The summed E-state index contributed by atoms with van der Waals surface area (Å²) in [5.41, 5.74) is 8.94. The largest absolute Gasteiger partial charge is 0.403 e. The van der Waals surface area contributed by atoms with E-state index in [1.165, 1.54) is 12.4 Å². The molecule has 1 aliphatic carbocycles. The number of imidazole rings is 1. The first kappa shape index (κ1) is 24.0. The van der Waals surface area contributed by atoms with E-state index in [2.05, 4.69) is 25.9 Å². The summed E-state index contributed by atoms with van der Waals surface area (Å²) in [4.78, 5) is 34.3. The molecule has 1 fully saturated rings. The minimum absolute atomic E-state index is 0.301. The Balaban J connectivity index is 1.47. The molecule has 0 bridgehead atoms. The van der Waals surface area contributed by atoms with E-state index in [-0.39, 0.29) is 11.8 Å². The molecule has 5 N–H and O–H groups in total. The normalized spacial score (nSPS) is 15.4. The molecular formula is C26H31N7O2. The molecule has 1 atom stereocenters. The Hall–Kier alpha value is -4.14. The third-order valence-corrected chi connectivity index (χ3v) is 6.18. The third kappa shape index (κ3) is 6.26. The lowest BCUT2D eigenvalue weighted by atomic mass is 9.97. The van der Waals surface area contributed by atoms with Crippen molar-refractivity contribution >= 4 is 35.1 Å². The molecule has 9 nitrogen and oxygen atoms in total. The number of carbonyl (C=O) groups is 2. The van der Waals surface area contributed by atoms with E-state index in [0.29, 0.717) is 23.6 Å². The predicted molar refractivity (Wildman–Crippen MR) is 138 cm³/mol. The van der Waals surface area contributed by atoms with Gasteiger partial charge in [0.25, 0.3) is 5.91 Å². The first-order chi connectivity index (χ1) is 17.1. The fourth-order valence-corrected chi connectivity index (χ4v) is 4.44. The molecule has 0 saturated heterocycles. The molecule has 2 heterocycles. The van der Waals surface area contributed by atoms with Gasteiger partial charge in [0.2, 0.25) is 5.91 Å².